The maximum Gasteiger partial charge on any atom is 0.112 e. The third kappa shape index (κ3) is 3.90. The zero-order valence-corrected chi connectivity index (χ0v) is 13.4. The van der Waals surface area contributed by atoms with Crippen molar-refractivity contribution in [1.29, 1.82) is 0 Å². The second-order valence-corrected chi connectivity index (χ2v) is 6.04. The Labute approximate surface area is 132 Å². The molecule has 6 heteroatoms. The second kappa shape index (κ2) is 7.15. The number of fused-ring (bicyclic) bond motifs is 1. The minimum atomic E-state index is 0.399. The van der Waals surface area contributed by atoms with Crippen LogP contribution in [0.2, 0.25) is 0 Å². The highest BCUT2D eigenvalue weighted by molar-refractivity contribution is 9.10. The fraction of sp³-hybridized carbons (Fsp3) is 0.467. The molecule has 21 heavy (non-hydrogen) atoms. The van der Waals surface area contributed by atoms with Crippen molar-refractivity contribution in [1.82, 2.24) is 15.3 Å². The van der Waals surface area contributed by atoms with Gasteiger partial charge >= 0.3 is 0 Å². The van der Waals surface area contributed by atoms with Crippen molar-refractivity contribution in [3.05, 3.63) is 29.0 Å². The van der Waals surface area contributed by atoms with Crippen molar-refractivity contribution in [2.24, 2.45) is 0 Å². The number of nitrogens with one attached hydrogen (secondary N) is 2. The summed E-state index contributed by atoms with van der Waals surface area (Å²) in [5, 5.41) is 6.73. The number of hydrogen-bond donors (Lipinski definition) is 2. The van der Waals surface area contributed by atoms with Crippen LogP contribution < -0.4 is 10.6 Å². The van der Waals surface area contributed by atoms with E-state index in [4.69, 9.17) is 4.74 Å². The molecule has 1 saturated heterocycles. The van der Waals surface area contributed by atoms with Gasteiger partial charge in [0, 0.05) is 23.4 Å². The Morgan fingerprint density at radius 3 is 3.05 bits per heavy atom. The molecule has 0 spiro atoms. The zero-order valence-electron chi connectivity index (χ0n) is 11.8. The molecule has 3 heterocycles. The van der Waals surface area contributed by atoms with Gasteiger partial charge < -0.3 is 15.4 Å². The Balaban J connectivity index is 1.55. The van der Waals surface area contributed by atoms with E-state index in [2.05, 4.69) is 36.5 Å². The first-order valence-electron chi connectivity index (χ1n) is 7.29. The Kier molecular flexibility index (Phi) is 5.00. The summed E-state index contributed by atoms with van der Waals surface area (Å²) in [5.74, 6) is 0. The smallest absolute Gasteiger partial charge is 0.112 e. The van der Waals surface area contributed by atoms with Crippen molar-refractivity contribution < 1.29 is 4.74 Å². The fourth-order valence-corrected chi connectivity index (χ4v) is 2.84. The molecule has 0 amide bonds. The summed E-state index contributed by atoms with van der Waals surface area (Å²) in [6.45, 7) is 3.61. The van der Waals surface area contributed by atoms with Crippen LogP contribution in [0.5, 0.6) is 0 Å². The molecule has 0 unspecified atom stereocenters. The normalized spacial score (nSPS) is 16.2. The highest BCUT2D eigenvalue weighted by Crippen LogP contribution is 2.21. The molecule has 1 aliphatic heterocycles. The maximum atomic E-state index is 5.89. The third-order valence-electron chi connectivity index (χ3n) is 3.60. The van der Waals surface area contributed by atoms with E-state index >= 15 is 0 Å². The molecule has 3 rings (SSSR count). The number of piperidine rings is 1. The summed E-state index contributed by atoms with van der Waals surface area (Å²) in [5.41, 5.74) is 2.78. The number of anilines is 1. The molecule has 0 aromatic carbocycles. The van der Waals surface area contributed by atoms with Crippen LogP contribution in [0.1, 0.15) is 12.8 Å². The van der Waals surface area contributed by atoms with E-state index in [1.54, 1.807) is 12.4 Å². The topological polar surface area (TPSA) is 59.1 Å². The minimum absolute atomic E-state index is 0.399. The van der Waals surface area contributed by atoms with Crippen LogP contribution in [-0.2, 0) is 4.74 Å². The first-order chi connectivity index (χ1) is 10.3. The average molecular weight is 351 g/mol. The van der Waals surface area contributed by atoms with Gasteiger partial charge in [0.05, 0.1) is 23.9 Å². The zero-order chi connectivity index (χ0) is 14.5. The van der Waals surface area contributed by atoms with Crippen LogP contribution in [0, 0.1) is 0 Å². The number of aromatic nitrogens is 2. The van der Waals surface area contributed by atoms with E-state index in [1.807, 2.05) is 12.1 Å². The van der Waals surface area contributed by atoms with Crippen molar-refractivity contribution in [2.45, 2.75) is 18.9 Å². The number of rotatable bonds is 5. The van der Waals surface area contributed by atoms with Gasteiger partial charge in [-0.25, -0.2) is 0 Å². The van der Waals surface area contributed by atoms with Crippen molar-refractivity contribution in [3.8, 4) is 0 Å². The molecule has 112 valence electrons. The highest BCUT2D eigenvalue weighted by Gasteiger charge is 2.12. The van der Waals surface area contributed by atoms with E-state index in [0.29, 0.717) is 12.7 Å². The monoisotopic (exact) mass is 350 g/mol. The SMILES string of the molecule is Brc1cnc2c(NCCOC3CCNCC3)ccnc2c1. The van der Waals surface area contributed by atoms with Crippen LogP contribution in [0.25, 0.3) is 11.0 Å². The lowest BCUT2D eigenvalue weighted by molar-refractivity contribution is 0.0394. The van der Waals surface area contributed by atoms with Gasteiger partial charge in [-0.05, 0) is 54.0 Å². The largest absolute Gasteiger partial charge is 0.381 e. The standard InChI is InChI=1S/C15H19BrN4O/c16-11-9-14-15(20-10-11)13(3-6-18-14)19-7-8-21-12-1-4-17-5-2-12/h3,6,9-10,12,17H,1-2,4-5,7-8H2,(H,18,19). The molecule has 0 radical (unpaired) electrons. The summed E-state index contributed by atoms with van der Waals surface area (Å²) in [4.78, 5) is 8.76. The number of nitrogens with zero attached hydrogens (tertiary/aromatic N) is 2. The molecule has 0 aliphatic carbocycles. The van der Waals surface area contributed by atoms with Crippen molar-refractivity contribution in [2.75, 3.05) is 31.6 Å². The molecule has 0 atom stereocenters. The molecular weight excluding hydrogens is 332 g/mol. The molecule has 0 saturated carbocycles. The van der Waals surface area contributed by atoms with Crippen LogP contribution in [0.15, 0.2) is 29.0 Å². The van der Waals surface area contributed by atoms with E-state index in [9.17, 15) is 0 Å². The number of hydrogen-bond acceptors (Lipinski definition) is 5. The molecule has 2 aromatic rings. The van der Waals surface area contributed by atoms with E-state index in [0.717, 1.165) is 53.7 Å². The Bertz CT molecular complexity index is 601. The summed E-state index contributed by atoms with van der Waals surface area (Å²) in [7, 11) is 0. The van der Waals surface area contributed by atoms with Crippen molar-refractivity contribution >= 4 is 32.7 Å². The van der Waals surface area contributed by atoms with Gasteiger partial charge in [-0.1, -0.05) is 0 Å². The molecule has 0 bridgehead atoms. The third-order valence-corrected chi connectivity index (χ3v) is 4.04. The van der Waals surface area contributed by atoms with Gasteiger partial charge in [-0.3, -0.25) is 9.97 Å². The lowest BCUT2D eigenvalue weighted by Crippen LogP contribution is -2.33. The first kappa shape index (κ1) is 14.7. The lowest BCUT2D eigenvalue weighted by atomic mass is 10.1. The van der Waals surface area contributed by atoms with Crippen LogP contribution in [-0.4, -0.2) is 42.3 Å². The number of pyridine rings is 2. The van der Waals surface area contributed by atoms with Crippen LogP contribution in [0.4, 0.5) is 5.69 Å². The highest BCUT2D eigenvalue weighted by atomic mass is 79.9. The summed E-state index contributed by atoms with van der Waals surface area (Å²) < 4.78 is 6.83. The summed E-state index contributed by atoms with van der Waals surface area (Å²) in [6.07, 6.45) is 6.20. The molecule has 2 aromatic heterocycles. The lowest BCUT2D eigenvalue weighted by Gasteiger charge is -2.23. The molecular formula is C15H19BrN4O. The molecule has 2 N–H and O–H groups in total. The molecule has 1 fully saturated rings. The molecule has 1 aliphatic rings. The Hall–Kier alpha value is -1.24. The van der Waals surface area contributed by atoms with Gasteiger partial charge in [0.1, 0.15) is 5.52 Å². The van der Waals surface area contributed by atoms with Gasteiger partial charge in [0.2, 0.25) is 0 Å². The Morgan fingerprint density at radius 1 is 1.33 bits per heavy atom. The fourth-order valence-electron chi connectivity index (χ4n) is 2.52. The van der Waals surface area contributed by atoms with E-state index < -0.39 is 0 Å². The van der Waals surface area contributed by atoms with Crippen molar-refractivity contribution in [3.63, 3.8) is 0 Å². The molecule has 5 nitrogen and oxygen atoms in total. The van der Waals surface area contributed by atoms with Crippen LogP contribution >= 0.6 is 15.9 Å². The maximum absolute atomic E-state index is 5.89. The number of ether oxygens (including phenoxy) is 1. The summed E-state index contributed by atoms with van der Waals surface area (Å²) in [6, 6.07) is 3.92. The quantitative estimate of drug-likeness (QED) is 0.811. The van der Waals surface area contributed by atoms with Gasteiger partial charge in [0.25, 0.3) is 0 Å². The minimum Gasteiger partial charge on any atom is -0.381 e. The predicted molar refractivity (Wildman–Crippen MR) is 87.6 cm³/mol. The number of halogens is 1. The van der Waals surface area contributed by atoms with E-state index in [1.165, 1.54) is 0 Å². The van der Waals surface area contributed by atoms with Crippen LogP contribution in [0.3, 0.4) is 0 Å². The summed E-state index contributed by atoms with van der Waals surface area (Å²) >= 11 is 3.42. The van der Waals surface area contributed by atoms with Gasteiger partial charge in [-0.15, -0.1) is 0 Å². The van der Waals surface area contributed by atoms with E-state index in [-0.39, 0.29) is 0 Å². The van der Waals surface area contributed by atoms with Gasteiger partial charge in [-0.2, -0.15) is 0 Å². The first-order valence-corrected chi connectivity index (χ1v) is 8.09. The van der Waals surface area contributed by atoms with Gasteiger partial charge in [0.15, 0.2) is 0 Å². The Morgan fingerprint density at radius 2 is 2.19 bits per heavy atom. The predicted octanol–water partition coefficient (Wildman–Crippen LogP) is 2.57. The second-order valence-electron chi connectivity index (χ2n) is 5.13. The average Bonchev–Trinajstić information content (AvgIpc) is 2.52.